The normalized spacial score (nSPS) is 20.6. The fourth-order valence-electron chi connectivity index (χ4n) is 2.81. The smallest absolute Gasteiger partial charge is 0.222 e. The number of likely N-dealkylation sites (tertiary alicyclic amines) is 1. The molecule has 23 heavy (non-hydrogen) atoms. The van der Waals surface area contributed by atoms with E-state index < -0.39 is 0 Å². The zero-order valence-corrected chi connectivity index (χ0v) is 14.2. The minimum atomic E-state index is 0.0859. The predicted molar refractivity (Wildman–Crippen MR) is 90.7 cm³/mol. The molecule has 1 atom stereocenters. The van der Waals surface area contributed by atoms with Gasteiger partial charge < -0.3 is 20.1 Å². The number of amides is 1. The highest BCUT2D eigenvalue weighted by Crippen LogP contribution is 2.29. The van der Waals surface area contributed by atoms with Crippen LogP contribution in [0.1, 0.15) is 33.1 Å². The van der Waals surface area contributed by atoms with E-state index in [1.807, 2.05) is 36.1 Å². The van der Waals surface area contributed by atoms with Crippen LogP contribution in [0.15, 0.2) is 24.3 Å². The van der Waals surface area contributed by atoms with Crippen LogP contribution in [0.2, 0.25) is 0 Å². The van der Waals surface area contributed by atoms with Gasteiger partial charge in [0.2, 0.25) is 5.91 Å². The van der Waals surface area contributed by atoms with Gasteiger partial charge in [-0.15, -0.1) is 0 Å². The molecule has 128 valence electrons. The third kappa shape index (κ3) is 4.86. The van der Waals surface area contributed by atoms with Crippen molar-refractivity contribution < 1.29 is 14.3 Å². The van der Waals surface area contributed by atoms with Crippen LogP contribution < -0.4 is 15.2 Å². The molecule has 0 saturated carbocycles. The molecule has 1 saturated heterocycles. The summed E-state index contributed by atoms with van der Waals surface area (Å²) in [7, 11) is 0. The molecule has 1 fully saturated rings. The Morgan fingerprint density at radius 2 is 2.00 bits per heavy atom. The molecule has 1 unspecified atom stereocenters. The van der Waals surface area contributed by atoms with Crippen LogP contribution in [0, 0.1) is 5.41 Å². The first-order chi connectivity index (χ1) is 11.1. The van der Waals surface area contributed by atoms with E-state index in [4.69, 9.17) is 15.2 Å². The maximum absolute atomic E-state index is 12.2. The van der Waals surface area contributed by atoms with Gasteiger partial charge in [-0.2, -0.15) is 0 Å². The van der Waals surface area contributed by atoms with Gasteiger partial charge in [-0.3, -0.25) is 4.79 Å². The van der Waals surface area contributed by atoms with E-state index in [0.29, 0.717) is 32.6 Å². The van der Waals surface area contributed by atoms with E-state index in [9.17, 15) is 4.79 Å². The van der Waals surface area contributed by atoms with Crippen molar-refractivity contribution >= 4 is 5.91 Å². The first kappa shape index (κ1) is 17.6. The Bertz CT molecular complexity index is 521. The lowest BCUT2D eigenvalue weighted by molar-refractivity contribution is -0.130. The largest absolute Gasteiger partial charge is 0.490 e. The van der Waals surface area contributed by atoms with Gasteiger partial charge in [0.15, 0.2) is 11.5 Å². The van der Waals surface area contributed by atoms with E-state index in [1.54, 1.807) is 0 Å². The second-order valence-corrected chi connectivity index (χ2v) is 6.41. The summed E-state index contributed by atoms with van der Waals surface area (Å²) in [5.41, 5.74) is 5.87. The number of carbonyl (C=O) groups is 1. The van der Waals surface area contributed by atoms with E-state index in [2.05, 4.69) is 6.92 Å². The Labute approximate surface area is 138 Å². The van der Waals surface area contributed by atoms with Crippen LogP contribution in [-0.4, -0.2) is 43.7 Å². The summed E-state index contributed by atoms with van der Waals surface area (Å²) < 4.78 is 11.3. The third-order valence-electron chi connectivity index (χ3n) is 4.34. The predicted octanol–water partition coefficient (Wildman–Crippen LogP) is 2.44. The second-order valence-electron chi connectivity index (χ2n) is 6.41. The van der Waals surface area contributed by atoms with Crippen molar-refractivity contribution in [3.8, 4) is 11.5 Å². The summed E-state index contributed by atoms with van der Waals surface area (Å²) in [6.07, 6.45) is 2.21. The molecule has 1 aliphatic rings. The Hall–Kier alpha value is -1.75. The molecular formula is C18H28N2O3. The molecule has 1 heterocycles. The monoisotopic (exact) mass is 320 g/mol. The molecule has 5 nitrogen and oxygen atoms in total. The lowest BCUT2D eigenvalue weighted by Gasteiger charge is -2.22. The van der Waals surface area contributed by atoms with Crippen LogP contribution in [0.5, 0.6) is 11.5 Å². The van der Waals surface area contributed by atoms with Crippen molar-refractivity contribution in [2.45, 2.75) is 33.1 Å². The molecule has 0 aliphatic carbocycles. The Kier molecular flexibility index (Phi) is 6.28. The number of nitrogens with two attached hydrogens (primary N) is 1. The van der Waals surface area contributed by atoms with Crippen LogP contribution in [0.3, 0.4) is 0 Å². The van der Waals surface area contributed by atoms with Crippen molar-refractivity contribution in [1.82, 2.24) is 4.90 Å². The van der Waals surface area contributed by atoms with E-state index in [-0.39, 0.29) is 11.3 Å². The number of para-hydroxylation sites is 2. The van der Waals surface area contributed by atoms with Crippen LogP contribution >= 0.6 is 0 Å². The minimum absolute atomic E-state index is 0.0859. The van der Waals surface area contributed by atoms with Crippen molar-refractivity contribution in [1.29, 1.82) is 0 Å². The molecule has 1 aliphatic heterocycles. The maximum atomic E-state index is 12.2. The Morgan fingerprint density at radius 3 is 2.61 bits per heavy atom. The summed E-state index contributed by atoms with van der Waals surface area (Å²) in [4.78, 5) is 14.2. The molecule has 2 N–H and O–H groups in total. The van der Waals surface area contributed by atoms with Gasteiger partial charge in [0.25, 0.3) is 0 Å². The molecule has 1 aromatic rings. The van der Waals surface area contributed by atoms with Crippen molar-refractivity contribution in [2.24, 2.45) is 11.1 Å². The Balaban J connectivity index is 1.73. The minimum Gasteiger partial charge on any atom is -0.490 e. The SMILES string of the molecule is CCOc1ccccc1OCCCC(=O)N1CCC(C)(CN)C1. The summed E-state index contributed by atoms with van der Waals surface area (Å²) in [6.45, 7) is 7.44. The molecule has 0 aromatic heterocycles. The van der Waals surface area contributed by atoms with Crippen LogP contribution in [-0.2, 0) is 4.79 Å². The van der Waals surface area contributed by atoms with Gasteiger partial charge >= 0.3 is 0 Å². The van der Waals surface area contributed by atoms with E-state index >= 15 is 0 Å². The number of rotatable bonds is 8. The quantitative estimate of drug-likeness (QED) is 0.747. The fraction of sp³-hybridized carbons (Fsp3) is 0.611. The van der Waals surface area contributed by atoms with Crippen molar-refractivity contribution in [2.75, 3.05) is 32.8 Å². The van der Waals surface area contributed by atoms with Crippen LogP contribution in [0.25, 0.3) is 0 Å². The Morgan fingerprint density at radius 1 is 1.30 bits per heavy atom. The zero-order chi connectivity index (χ0) is 16.7. The first-order valence-electron chi connectivity index (χ1n) is 8.40. The molecule has 0 bridgehead atoms. The number of nitrogens with zero attached hydrogens (tertiary/aromatic N) is 1. The van der Waals surface area contributed by atoms with Gasteiger partial charge in [0.05, 0.1) is 13.2 Å². The molecule has 2 rings (SSSR count). The lowest BCUT2D eigenvalue weighted by Crippen LogP contribution is -2.34. The zero-order valence-electron chi connectivity index (χ0n) is 14.2. The lowest BCUT2D eigenvalue weighted by atomic mass is 9.90. The number of hydrogen-bond donors (Lipinski definition) is 1. The fourth-order valence-corrected chi connectivity index (χ4v) is 2.81. The highest BCUT2D eigenvalue weighted by molar-refractivity contribution is 5.76. The molecule has 1 aromatic carbocycles. The van der Waals surface area contributed by atoms with Gasteiger partial charge in [-0.05, 0) is 43.9 Å². The van der Waals surface area contributed by atoms with E-state index in [0.717, 1.165) is 31.0 Å². The van der Waals surface area contributed by atoms with Crippen molar-refractivity contribution in [3.05, 3.63) is 24.3 Å². The number of hydrogen-bond acceptors (Lipinski definition) is 4. The summed E-state index contributed by atoms with van der Waals surface area (Å²) in [6, 6.07) is 7.62. The van der Waals surface area contributed by atoms with Gasteiger partial charge in [-0.1, -0.05) is 19.1 Å². The average molecular weight is 320 g/mol. The molecule has 1 amide bonds. The van der Waals surface area contributed by atoms with E-state index in [1.165, 1.54) is 0 Å². The van der Waals surface area contributed by atoms with Gasteiger partial charge in [0, 0.05) is 19.5 Å². The summed E-state index contributed by atoms with van der Waals surface area (Å²) in [5, 5.41) is 0. The van der Waals surface area contributed by atoms with Gasteiger partial charge in [-0.25, -0.2) is 0 Å². The summed E-state index contributed by atoms with van der Waals surface area (Å²) >= 11 is 0. The van der Waals surface area contributed by atoms with Gasteiger partial charge in [0.1, 0.15) is 0 Å². The number of ether oxygens (including phenoxy) is 2. The first-order valence-corrected chi connectivity index (χ1v) is 8.40. The number of carbonyl (C=O) groups excluding carboxylic acids is 1. The van der Waals surface area contributed by atoms with Crippen LogP contribution in [0.4, 0.5) is 0 Å². The molecular weight excluding hydrogens is 292 g/mol. The average Bonchev–Trinajstić information content (AvgIpc) is 2.96. The second kappa shape index (κ2) is 8.20. The topological polar surface area (TPSA) is 64.8 Å². The van der Waals surface area contributed by atoms with Crippen molar-refractivity contribution in [3.63, 3.8) is 0 Å². The third-order valence-corrected chi connectivity index (χ3v) is 4.34. The molecule has 0 spiro atoms. The summed E-state index contributed by atoms with van der Waals surface area (Å²) in [5.74, 6) is 1.68. The molecule has 0 radical (unpaired) electrons. The highest BCUT2D eigenvalue weighted by atomic mass is 16.5. The number of benzene rings is 1. The molecule has 5 heteroatoms. The highest BCUT2D eigenvalue weighted by Gasteiger charge is 2.34. The maximum Gasteiger partial charge on any atom is 0.222 e. The standard InChI is InChI=1S/C18H28N2O3/c1-3-22-15-7-4-5-8-16(15)23-12-6-9-17(21)20-11-10-18(2,13-19)14-20/h4-5,7-8H,3,6,9-14,19H2,1-2H3.